The molecule has 8 heteroatoms. The lowest BCUT2D eigenvalue weighted by Gasteiger charge is -2.31. The minimum Gasteiger partial charge on any atom is -0.444 e. The summed E-state index contributed by atoms with van der Waals surface area (Å²) in [7, 11) is 0. The Balaban J connectivity index is 2.11. The van der Waals surface area contributed by atoms with Gasteiger partial charge in [0.15, 0.2) is 0 Å². The molecule has 0 radical (unpaired) electrons. The SMILES string of the molecule is CC(C)(C)OC(=O)NC1(C(=O)N[C@@H](Cc2ccc(I)cc2)C(N)=O)CCCC1. The number of alkyl carbamates (subject to hydrolysis) is 1. The summed E-state index contributed by atoms with van der Waals surface area (Å²) in [4.78, 5) is 37.2. The Hall–Kier alpha value is -1.84. The van der Waals surface area contributed by atoms with Gasteiger partial charge in [0.25, 0.3) is 0 Å². The van der Waals surface area contributed by atoms with Gasteiger partial charge in [-0.25, -0.2) is 4.79 Å². The molecule has 1 atom stereocenters. The number of hydrogen-bond acceptors (Lipinski definition) is 4. The van der Waals surface area contributed by atoms with Crippen LogP contribution >= 0.6 is 22.6 Å². The molecule has 0 aromatic heterocycles. The zero-order valence-corrected chi connectivity index (χ0v) is 18.7. The molecule has 7 nitrogen and oxygen atoms in total. The molecule has 0 spiro atoms. The quantitative estimate of drug-likeness (QED) is 0.521. The van der Waals surface area contributed by atoms with E-state index in [0.717, 1.165) is 22.0 Å². The van der Waals surface area contributed by atoms with Gasteiger partial charge in [0.2, 0.25) is 11.8 Å². The maximum absolute atomic E-state index is 13.0. The van der Waals surface area contributed by atoms with Crippen molar-refractivity contribution in [2.24, 2.45) is 5.73 Å². The summed E-state index contributed by atoms with van der Waals surface area (Å²) < 4.78 is 6.39. The Morgan fingerprint density at radius 1 is 1.18 bits per heavy atom. The number of carbonyl (C=O) groups excluding carboxylic acids is 3. The minimum absolute atomic E-state index is 0.292. The van der Waals surface area contributed by atoms with Crippen LogP contribution in [0.1, 0.15) is 52.0 Å². The van der Waals surface area contributed by atoms with E-state index >= 15 is 0 Å². The summed E-state index contributed by atoms with van der Waals surface area (Å²) in [6.45, 7) is 5.29. The average Bonchev–Trinajstić information content (AvgIpc) is 3.03. The summed E-state index contributed by atoms with van der Waals surface area (Å²) in [6.07, 6.45) is 2.25. The van der Waals surface area contributed by atoms with E-state index in [9.17, 15) is 14.4 Å². The zero-order valence-electron chi connectivity index (χ0n) is 16.5. The highest BCUT2D eigenvalue weighted by Gasteiger charge is 2.44. The molecule has 0 saturated heterocycles. The van der Waals surface area contributed by atoms with Gasteiger partial charge in [-0.3, -0.25) is 9.59 Å². The molecule has 28 heavy (non-hydrogen) atoms. The molecular weight excluding hydrogens is 473 g/mol. The van der Waals surface area contributed by atoms with E-state index in [1.807, 2.05) is 24.3 Å². The second kappa shape index (κ2) is 9.11. The lowest BCUT2D eigenvalue weighted by molar-refractivity contribution is -0.131. The molecule has 0 unspecified atom stereocenters. The van der Waals surface area contributed by atoms with E-state index in [2.05, 4.69) is 33.2 Å². The number of carbonyl (C=O) groups is 3. The van der Waals surface area contributed by atoms with Crippen molar-refractivity contribution in [3.8, 4) is 0 Å². The van der Waals surface area contributed by atoms with Gasteiger partial charge in [-0.1, -0.05) is 25.0 Å². The Morgan fingerprint density at radius 2 is 1.75 bits per heavy atom. The predicted octanol–water partition coefficient (Wildman–Crippen LogP) is 2.64. The molecule has 1 aliphatic carbocycles. The van der Waals surface area contributed by atoms with Gasteiger partial charge in [-0.05, 0) is 73.9 Å². The molecular formula is C20H28IN3O4. The molecule has 1 fully saturated rings. The van der Waals surface area contributed by atoms with Gasteiger partial charge >= 0.3 is 6.09 Å². The van der Waals surface area contributed by atoms with E-state index < -0.39 is 35.1 Å². The molecule has 3 amide bonds. The number of amides is 3. The Morgan fingerprint density at radius 3 is 2.25 bits per heavy atom. The van der Waals surface area contributed by atoms with Crippen molar-refractivity contribution >= 4 is 40.5 Å². The molecule has 4 N–H and O–H groups in total. The molecule has 2 rings (SSSR count). The van der Waals surface area contributed by atoms with Crippen molar-refractivity contribution < 1.29 is 19.1 Å². The van der Waals surface area contributed by atoms with E-state index in [0.29, 0.717) is 19.3 Å². The molecule has 1 aromatic carbocycles. The van der Waals surface area contributed by atoms with Crippen LogP contribution in [0.25, 0.3) is 0 Å². The summed E-state index contributed by atoms with van der Waals surface area (Å²) in [5.41, 5.74) is 4.67. The second-order valence-electron chi connectivity index (χ2n) is 8.18. The van der Waals surface area contributed by atoms with Crippen molar-refractivity contribution in [2.45, 2.75) is 70.1 Å². The molecule has 0 aliphatic heterocycles. The number of benzene rings is 1. The van der Waals surface area contributed by atoms with E-state index in [-0.39, 0.29) is 0 Å². The van der Waals surface area contributed by atoms with E-state index in [1.54, 1.807) is 20.8 Å². The number of primary amides is 1. The van der Waals surface area contributed by atoms with Crippen LogP contribution in [0.5, 0.6) is 0 Å². The fraction of sp³-hybridized carbons (Fsp3) is 0.550. The largest absolute Gasteiger partial charge is 0.444 e. The van der Waals surface area contributed by atoms with Gasteiger partial charge in [0, 0.05) is 9.99 Å². The first-order chi connectivity index (χ1) is 13.0. The first kappa shape index (κ1) is 22.4. The van der Waals surface area contributed by atoms with Crippen molar-refractivity contribution in [1.82, 2.24) is 10.6 Å². The lowest BCUT2D eigenvalue weighted by Crippen LogP contribution is -2.61. The van der Waals surface area contributed by atoms with Crippen LogP contribution in [0.3, 0.4) is 0 Å². The molecule has 0 heterocycles. The first-order valence-corrected chi connectivity index (χ1v) is 10.4. The van der Waals surface area contributed by atoms with Crippen LogP contribution in [0, 0.1) is 3.57 Å². The highest BCUT2D eigenvalue weighted by molar-refractivity contribution is 14.1. The number of ether oxygens (including phenoxy) is 1. The predicted molar refractivity (Wildman–Crippen MR) is 115 cm³/mol. The second-order valence-corrected chi connectivity index (χ2v) is 9.42. The van der Waals surface area contributed by atoms with Crippen LogP contribution in [0.15, 0.2) is 24.3 Å². The standard InChI is InChI=1S/C20H28IN3O4/c1-19(2,3)28-18(27)24-20(10-4-5-11-20)17(26)23-15(16(22)25)12-13-6-8-14(21)9-7-13/h6-9,15H,4-5,10-12H2,1-3H3,(H2,22,25)(H,23,26)(H,24,27)/t15-/m0/s1. The van der Waals surface area contributed by atoms with E-state index in [4.69, 9.17) is 10.5 Å². The third-order valence-corrected chi connectivity index (χ3v) is 5.35. The number of nitrogens with two attached hydrogens (primary N) is 1. The molecule has 154 valence electrons. The lowest BCUT2D eigenvalue weighted by atomic mass is 9.95. The minimum atomic E-state index is -1.08. The third-order valence-electron chi connectivity index (χ3n) is 4.63. The van der Waals surface area contributed by atoms with E-state index in [1.165, 1.54) is 0 Å². The van der Waals surface area contributed by atoms with Crippen LogP contribution in [-0.2, 0) is 20.7 Å². The Bertz CT molecular complexity index is 722. The van der Waals surface area contributed by atoms with Crippen LogP contribution in [-0.4, -0.2) is 35.1 Å². The molecule has 0 bridgehead atoms. The van der Waals surface area contributed by atoms with Gasteiger partial charge in [-0.2, -0.15) is 0 Å². The zero-order chi connectivity index (χ0) is 20.9. The van der Waals surface area contributed by atoms with Gasteiger partial charge in [-0.15, -0.1) is 0 Å². The smallest absolute Gasteiger partial charge is 0.408 e. The first-order valence-electron chi connectivity index (χ1n) is 9.37. The molecule has 1 saturated carbocycles. The summed E-state index contributed by atoms with van der Waals surface area (Å²) in [5, 5.41) is 5.48. The summed E-state index contributed by atoms with van der Waals surface area (Å²) in [5.74, 6) is -1.01. The van der Waals surface area contributed by atoms with Gasteiger partial charge in [0.05, 0.1) is 0 Å². The number of halogens is 1. The fourth-order valence-corrected chi connectivity index (χ4v) is 3.62. The average molecular weight is 501 g/mol. The monoisotopic (exact) mass is 501 g/mol. The Labute approximate surface area is 179 Å². The molecule has 1 aliphatic rings. The summed E-state index contributed by atoms with van der Waals surface area (Å²) >= 11 is 2.20. The van der Waals surface area contributed by atoms with Crippen LogP contribution in [0.4, 0.5) is 4.79 Å². The number of rotatable bonds is 6. The van der Waals surface area contributed by atoms with Crippen molar-refractivity contribution in [2.75, 3.05) is 0 Å². The molecule has 1 aromatic rings. The highest BCUT2D eigenvalue weighted by atomic mass is 127. The highest BCUT2D eigenvalue weighted by Crippen LogP contribution is 2.30. The topological polar surface area (TPSA) is 111 Å². The fourth-order valence-electron chi connectivity index (χ4n) is 3.26. The number of nitrogens with one attached hydrogen (secondary N) is 2. The Kier molecular flexibility index (Phi) is 7.30. The van der Waals surface area contributed by atoms with Gasteiger partial charge in [0.1, 0.15) is 17.2 Å². The normalized spacial score (nSPS) is 16.9. The summed E-state index contributed by atoms with van der Waals surface area (Å²) in [6, 6.07) is 6.80. The maximum atomic E-state index is 13.0. The van der Waals surface area contributed by atoms with Crippen LogP contribution in [0.2, 0.25) is 0 Å². The van der Waals surface area contributed by atoms with Crippen molar-refractivity contribution in [3.05, 3.63) is 33.4 Å². The van der Waals surface area contributed by atoms with Gasteiger partial charge < -0.3 is 21.1 Å². The third kappa shape index (κ3) is 6.35. The van der Waals surface area contributed by atoms with Crippen molar-refractivity contribution in [3.63, 3.8) is 0 Å². The van der Waals surface area contributed by atoms with Crippen molar-refractivity contribution in [1.29, 1.82) is 0 Å². The number of hydrogen-bond donors (Lipinski definition) is 3. The van der Waals surface area contributed by atoms with Crippen LogP contribution < -0.4 is 16.4 Å². The maximum Gasteiger partial charge on any atom is 0.408 e.